The number of aliphatic carboxylic acids is 1. The molecule has 1 aromatic carbocycles. The first-order chi connectivity index (χ1) is 7.56. The Balaban J connectivity index is 2.90. The highest BCUT2D eigenvalue weighted by Crippen LogP contribution is 2.26. The summed E-state index contributed by atoms with van der Waals surface area (Å²) in [5.74, 6) is 0.306. The Morgan fingerprint density at radius 1 is 1.25 bits per heavy atom. The molecule has 0 saturated heterocycles. The first-order valence-corrected chi connectivity index (χ1v) is 4.79. The Bertz CT molecular complexity index is 356. The number of hydrogen-bond donors (Lipinski definition) is 2. The molecule has 0 aliphatic rings. The second-order valence-corrected chi connectivity index (χ2v) is 3.31. The lowest BCUT2D eigenvalue weighted by molar-refractivity contribution is -0.137. The average molecular weight is 225 g/mol. The molecule has 1 unspecified atom stereocenters. The lowest BCUT2D eigenvalue weighted by Gasteiger charge is -2.13. The SMILES string of the molecule is COc1cc(NC(C)C(=O)O)cc(OC)c1. The van der Waals surface area contributed by atoms with Gasteiger partial charge in [-0.1, -0.05) is 0 Å². The highest BCUT2D eigenvalue weighted by molar-refractivity contribution is 5.77. The number of benzene rings is 1. The van der Waals surface area contributed by atoms with Crippen LogP contribution in [-0.2, 0) is 4.79 Å². The van der Waals surface area contributed by atoms with Gasteiger partial charge < -0.3 is 19.9 Å². The van der Waals surface area contributed by atoms with Crippen molar-refractivity contribution in [1.29, 1.82) is 0 Å². The molecule has 0 amide bonds. The van der Waals surface area contributed by atoms with Crippen molar-refractivity contribution in [2.75, 3.05) is 19.5 Å². The van der Waals surface area contributed by atoms with Crippen molar-refractivity contribution in [2.24, 2.45) is 0 Å². The van der Waals surface area contributed by atoms with Gasteiger partial charge in [-0.3, -0.25) is 4.79 Å². The number of carbonyl (C=O) groups is 1. The first-order valence-electron chi connectivity index (χ1n) is 4.79. The molecule has 0 aliphatic heterocycles. The van der Waals surface area contributed by atoms with E-state index in [1.165, 1.54) is 0 Å². The predicted molar refractivity (Wildman–Crippen MR) is 60.3 cm³/mol. The van der Waals surface area contributed by atoms with Gasteiger partial charge in [-0.25, -0.2) is 0 Å². The van der Waals surface area contributed by atoms with E-state index >= 15 is 0 Å². The third-order valence-electron chi connectivity index (χ3n) is 2.11. The summed E-state index contributed by atoms with van der Waals surface area (Å²) >= 11 is 0. The summed E-state index contributed by atoms with van der Waals surface area (Å²) in [5.41, 5.74) is 0.645. The van der Waals surface area contributed by atoms with E-state index in [1.807, 2.05) is 0 Å². The largest absolute Gasteiger partial charge is 0.497 e. The molecule has 16 heavy (non-hydrogen) atoms. The van der Waals surface area contributed by atoms with E-state index in [0.717, 1.165) is 0 Å². The summed E-state index contributed by atoms with van der Waals surface area (Å²) in [6.45, 7) is 1.56. The molecule has 1 aromatic rings. The van der Waals surface area contributed by atoms with Gasteiger partial charge in [-0.15, -0.1) is 0 Å². The van der Waals surface area contributed by atoms with Crippen LogP contribution in [-0.4, -0.2) is 31.3 Å². The minimum atomic E-state index is -0.915. The molecule has 5 nitrogen and oxygen atoms in total. The summed E-state index contributed by atoms with van der Waals surface area (Å²) in [7, 11) is 3.08. The Morgan fingerprint density at radius 3 is 2.12 bits per heavy atom. The average Bonchev–Trinajstić information content (AvgIpc) is 2.28. The molecule has 0 spiro atoms. The highest BCUT2D eigenvalue weighted by atomic mass is 16.5. The molecule has 0 saturated carbocycles. The fourth-order valence-electron chi connectivity index (χ4n) is 1.20. The Hall–Kier alpha value is -1.91. The molecule has 0 heterocycles. The Kier molecular flexibility index (Phi) is 3.99. The topological polar surface area (TPSA) is 67.8 Å². The number of hydrogen-bond acceptors (Lipinski definition) is 4. The number of methoxy groups -OCH3 is 2. The van der Waals surface area contributed by atoms with Crippen LogP contribution >= 0.6 is 0 Å². The maximum absolute atomic E-state index is 10.7. The van der Waals surface area contributed by atoms with Crippen LogP contribution in [0.25, 0.3) is 0 Å². The first kappa shape index (κ1) is 12.2. The minimum Gasteiger partial charge on any atom is -0.497 e. The van der Waals surface area contributed by atoms with Crippen LogP contribution in [0.3, 0.4) is 0 Å². The van der Waals surface area contributed by atoms with Crippen LogP contribution in [0.1, 0.15) is 6.92 Å². The number of ether oxygens (including phenoxy) is 2. The van der Waals surface area contributed by atoms with Crippen LogP contribution in [0.2, 0.25) is 0 Å². The van der Waals surface area contributed by atoms with E-state index in [2.05, 4.69) is 5.32 Å². The number of anilines is 1. The van der Waals surface area contributed by atoms with Crippen molar-refractivity contribution in [3.63, 3.8) is 0 Å². The zero-order valence-electron chi connectivity index (χ0n) is 9.48. The molecule has 1 rings (SSSR count). The van der Waals surface area contributed by atoms with Crippen molar-refractivity contribution >= 4 is 11.7 Å². The third kappa shape index (κ3) is 3.05. The van der Waals surface area contributed by atoms with Gasteiger partial charge in [0.25, 0.3) is 0 Å². The van der Waals surface area contributed by atoms with Crippen molar-refractivity contribution in [3.8, 4) is 11.5 Å². The van der Waals surface area contributed by atoms with E-state index in [0.29, 0.717) is 17.2 Å². The molecular formula is C11H15NO4. The number of rotatable bonds is 5. The number of nitrogens with one attached hydrogen (secondary N) is 1. The third-order valence-corrected chi connectivity index (χ3v) is 2.11. The van der Waals surface area contributed by atoms with Gasteiger partial charge in [0, 0.05) is 23.9 Å². The van der Waals surface area contributed by atoms with Gasteiger partial charge in [0.2, 0.25) is 0 Å². The summed E-state index contributed by atoms with van der Waals surface area (Å²) in [6, 6.07) is 4.47. The lowest BCUT2D eigenvalue weighted by atomic mass is 10.2. The van der Waals surface area contributed by atoms with E-state index in [4.69, 9.17) is 14.6 Å². The standard InChI is InChI=1S/C11H15NO4/c1-7(11(13)14)12-8-4-9(15-2)6-10(5-8)16-3/h4-7,12H,1-3H3,(H,13,14). The molecule has 2 N–H and O–H groups in total. The van der Waals surface area contributed by atoms with Crippen molar-refractivity contribution in [1.82, 2.24) is 0 Å². The molecule has 88 valence electrons. The van der Waals surface area contributed by atoms with Crippen LogP contribution in [0, 0.1) is 0 Å². The van der Waals surface area contributed by atoms with Crippen LogP contribution in [0.5, 0.6) is 11.5 Å². The zero-order chi connectivity index (χ0) is 12.1. The molecular weight excluding hydrogens is 210 g/mol. The minimum absolute atomic E-state index is 0.611. The summed E-state index contributed by atoms with van der Waals surface area (Å²) < 4.78 is 10.1. The van der Waals surface area contributed by atoms with Crippen molar-refractivity contribution < 1.29 is 19.4 Å². The van der Waals surface area contributed by atoms with Crippen LogP contribution in [0.15, 0.2) is 18.2 Å². The Morgan fingerprint density at radius 2 is 1.75 bits per heavy atom. The highest BCUT2D eigenvalue weighted by Gasteiger charge is 2.11. The molecule has 0 aromatic heterocycles. The van der Waals surface area contributed by atoms with E-state index in [1.54, 1.807) is 39.3 Å². The number of carboxylic acids is 1. The molecule has 0 aliphatic carbocycles. The summed E-state index contributed by atoms with van der Waals surface area (Å²) in [5, 5.41) is 11.6. The predicted octanol–water partition coefficient (Wildman–Crippen LogP) is 1.59. The van der Waals surface area contributed by atoms with E-state index in [9.17, 15) is 4.79 Å². The molecule has 5 heteroatoms. The fraction of sp³-hybridized carbons (Fsp3) is 0.364. The Labute approximate surface area is 94.0 Å². The second kappa shape index (κ2) is 5.25. The van der Waals surface area contributed by atoms with E-state index < -0.39 is 12.0 Å². The van der Waals surface area contributed by atoms with Gasteiger partial charge in [-0.2, -0.15) is 0 Å². The summed E-state index contributed by atoms with van der Waals surface area (Å²) in [4.78, 5) is 10.7. The van der Waals surface area contributed by atoms with Gasteiger partial charge in [0.1, 0.15) is 17.5 Å². The van der Waals surface area contributed by atoms with Crippen LogP contribution < -0.4 is 14.8 Å². The molecule has 0 fully saturated rings. The quantitative estimate of drug-likeness (QED) is 0.796. The van der Waals surface area contributed by atoms with Gasteiger partial charge in [0.15, 0.2) is 0 Å². The lowest BCUT2D eigenvalue weighted by Crippen LogP contribution is -2.25. The van der Waals surface area contributed by atoms with Crippen molar-refractivity contribution in [3.05, 3.63) is 18.2 Å². The summed E-state index contributed by atoms with van der Waals surface area (Å²) in [6.07, 6.45) is 0. The van der Waals surface area contributed by atoms with Crippen molar-refractivity contribution in [2.45, 2.75) is 13.0 Å². The molecule has 0 radical (unpaired) electrons. The normalized spacial score (nSPS) is 11.7. The number of carboxylic acid groups (broad SMARTS) is 1. The van der Waals surface area contributed by atoms with Gasteiger partial charge in [-0.05, 0) is 6.92 Å². The monoisotopic (exact) mass is 225 g/mol. The second-order valence-electron chi connectivity index (χ2n) is 3.31. The maximum atomic E-state index is 10.7. The zero-order valence-corrected chi connectivity index (χ0v) is 9.48. The van der Waals surface area contributed by atoms with Crippen LogP contribution in [0.4, 0.5) is 5.69 Å². The van der Waals surface area contributed by atoms with Gasteiger partial charge >= 0.3 is 5.97 Å². The fourth-order valence-corrected chi connectivity index (χ4v) is 1.20. The smallest absolute Gasteiger partial charge is 0.325 e. The van der Waals surface area contributed by atoms with E-state index in [-0.39, 0.29) is 0 Å². The molecule has 0 bridgehead atoms. The van der Waals surface area contributed by atoms with Gasteiger partial charge in [0.05, 0.1) is 14.2 Å². The molecule has 1 atom stereocenters. The maximum Gasteiger partial charge on any atom is 0.325 e.